The molecular formula is C28H39NO8. The van der Waals surface area contributed by atoms with E-state index in [0.717, 1.165) is 0 Å². The molecule has 0 saturated heterocycles. The highest BCUT2D eigenvalue weighted by atomic mass is 16.6. The number of carbonyl (C=O) groups is 2. The molecule has 0 bridgehead atoms. The van der Waals surface area contributed by atoms with Crippen LogP contribution in [-0.4, -0.2) is 72.5 Å². The average Bonchev–Trinajstić information content (AvgIpc) is 3.15. The van der Waals surface area contributed by atoms with Crippen molar-refractivity contribution in [2.24, 2.45) is 23.2 Å². The maximum absolute atomic E-state index is 12.8. The zero-order valence-electron chi connectivity index (χ0n) is 21.8. The van der Waals surface area contributed by atoms with Crippen molar-refractivity contribution in [1.29, 1.82) is 0 Å². The van der Waals surface area contributed by atoms with Crippen molar-refractivity contribution in [3.8, 4) is 0 Å². The lowest BCUT2D eigenvalue weighted by atomic mass is 9.43. The van der Waals surface area contributed by atoms with Gasteiger partial charge in [-0.2, -0.15) is 0 Å². The highest BCUT2D eigenvalue weighted by Gasteiger charge is 2.76. The van der Waals surface area contributed by atoms with Gasteiger partial charge in [0.15, 0.2) is 0 Å². The van der Waals surface area contributed by atoms with Crippen LogP contribution >= 0.6 is 0 Å². The van der Waals surface area contributed by atoms with Gasteiger partial charge in [-0.3, -0.25) is 4.79 Å². The van der Waals surface area contributed by atoms with Crippen LogP contribution in [0.2, 0.25) is 0 Å². The number of hydrogen-bond donors (Lipinski definition) is 4. The van der Waals surface area contributed by atoms with Gasteiger partial charge in [0.1, 0.15) is 29.1 Å². The number of carbonyl (C=O) groups excluding carboxylic acids is 2. The molecule has 0 spiro atoms. The molecule has 37 heavy (non-hydrogen) atoms. The highest BCUT2D eigenvalue weighted by molar-refractivity contribution is 5.87. The number of ether oxygens (including phenoxy) is 2. The second kappa shape index (κ2) is 9.00. The van der Waals surface area contributed by atoms with Gasteiger partial charge in [-0.1, -0.05) is 13.0 Å². The number of pyridine rings is 1. The second-order valence-corrected chi connectivity index (χ2v) is 12.2. The Morgan fingerprint density at radius 2 is 1.81 bits per heavy atom. The normalized spacial score (nSPS) is 45.6. The van der Waals surface area contributed by atoms with Gasteiger partial charge < -0.3 is 29.9 Å². The Labute approximate surface area is 217 Å². The van der Waals surface area contributed by atoms with Crippen molar-refractivity contribution in [2.75, 3.05) is 0 Å². The Kier molecular flexibility index (Phi) is 6.46. The minimum atomic E-state index is -1.75. The minimum absolute atomic E-state index is 0.0660. The summed E-state index contributed by atoms with van der Waals surface area (Å²) in [5, 5.41) is 47.0. The molecule has 0 radical (unpaired) electrons. The molecule has 0 aliphatic heterocycles. The van der Waals surface area contributed by atoms with Gasteiger partial charge in [0.25, 0.3) is 0 Å². The molecule has 1 aromatic heterocycles. The molecule has 204 valence electrons. The van der Waals surface area contributed by atoms with Crippen LogP contribution in [0.1, 0.15) is 82.6 Å². The van der Waals surface area contributed by atoms with E-state index in [1.54, 1.807) is 19.1 Å². The van der Waals surface area contributed by atoms with Gasteiger partial charge in [-0.05, 0) is 87.7 Å². The number of aliphatic hydroxyl groups excluding tert-OH is 1. The van der Waals surface area contributed by atoms with Crippen molar-refractivity contribution in [1.82, 2.24) is 4.98 Å². The first-order valence-electron chi connectivity index (χ1n) is 13.5. The SMILES string of the molecule is CC(=O)OC1CC2C3(C)CCC(O)CC3CCC2(O)C2(O)CCC(O)(C(C)OC(=O)c3ccccn3)C12. The number of aromatic nitrogens is 1. The van der Waals surface area contributed by atoms with E-state index in [1.807, 2.05) is 0 Å². The van der Waals surface area contributed by atoms with Gasteiger partial charge in [-0.25, -0.2) is 9.78 Å². The summed E-state index contributed by atoms with van der Waals surface area (Å²) in [7, 11) is 0. The van der Waals surface area contributed by atoms with Gasteiger partial charge in [0.2, 0.25) is 0 Å². The standard InChI is InChI=1S/C28H39NO8/c1-16(36-24(32)20-6-4-5-13-29-20)26(33)11-12-28(35)23(26)21(37-17(2)30)15-22-25(3)9-8-19(31)14-18(25)7-10-27(22,28)34/h4-6,13,16,18-19,21-23,31,33-35H,7-12,14-15H2,1-3H3. The van der Waals surface area contributed by atoms with E-state index in [1.165, 1.54) is 19.2 Å². The average molecular weight is 518 g/mol. The number of fused-ring (bicyclic) bond motifs is 5. The summed E-state index contributed by atoms with van der Waals surface area (Å²) in [6.07, 6.45) is 2.51. The van der Waals surface area contributed by atoms with Gasteiger partial charge >= 0.3 is 11.9 Å². The fourth-order valence-corrected chi connectivity index (χ4v) is 8.59. The molecule has 10 unspecified atom stereocenters. The van der Waals surface area contributed by atoms with Crippen LogP contribution in [0.15, 0.2) is 24.4 Å². The number of nitrogens with zero attached hydrogens (tertiary/aromatic N) is 1. The zero-order chi connectivity index (χ0) is 26.8. The molecule has 1 heterocycles. The van der Waals surface area contributed by atoms with Crippen molar-refractivity contribution < 1.29 is 39.5 Å². The first kappa shape index (κ1) is 26.5. The van der Waals surface area contributed by atoms with E-state index in [2.05, 4.69) is 11.9 Å². The summed E-state index contributed by atoms with van der Waals surface area (Å²) < 4.78 is 11.4. The Bertz CT molecular complexity index is 1050. The molecule has 9 nitrogen and oxygen atoms in total. The molecular weight excluding hydrogens is 478 g/mol. The topological polar surface area (TPSA) is 146 Å². The summed E-state index contributed by atoms with van der Waals surface area (Å²) >= 11 is 0. The van der Waals surface area contributed by atoms with Crippen molar-refractivity contribution >= 4 is 11.9 Å². The van der Waals surface area contributed by atoms with Crippen molar-refractivity contribution in [2.45, 2.75) is 107 Å². The summed E-state index contributed by atoms with van der Waals surface area (Å²) in [5.74, 6) is -2.50. The van der Waals surface area contributed by atoms with E-state index >= 15 is 0 Å². The van der Waals surface area contributed by atoms with E-state index in [9.17, 15) is 30.0 Å². The lowest BCUT2D eigenvalue weighted by Crippen LogP contribution is -2.75. The van der Waals surface area contributed by atoms with Gasteiger partial charge in [0, 0.05) is 13.1 Å². The van der Waals surface area contributed by atoms with Crippen LogP contribution in [0.25, 0.3) is 0 Å². The van der Waals surface area contributed by atoms with Crippen LogP contribution in [-0.2, 0) is 14.3 Å². The molecule has 5 rings (SSSR count). The predicted octanol–water partition coefficient (Wildman–Crippen LogP) is 2.14. The monoisotopic (exact) mass is 517 g/mol. The molecule has 10 atom stereocenters. The molecule has 4 fully saturated rings. The first-order valence-corrected chi connectivity index (χ1v) is 13.5. The molecule has 0 amide bonds. The molecule has 1 aromatic rings. The zero-order valence-corrected chi connectivity index (χ0v) is 21.8. The van der Waals surface area contributed by atoms with E-state index in [0.29, 0.717) is 32.1 Å². The van der Waals surface area contributed by atoms with Gasteiger partial charge in [-0.15, -0.1) is 0 Å². The highest BCUT2D eigenvalue weighted by Crippen LogP contribution is 2.68. The Hall–Kier alpha value is -2.07. The van der Waals surface area contributed by atoms with Crippen LogP contribution in [0.4, 0.5) is 0 Å². The molecule has 4 aliphatic carbocycles. The van der Waals surface area contributed by atoms with Crippen molar-refractivity contribution in [3.05, 3.63) is 30.1 Å². The maximum Gasteiger partial charge on any atom is 0.357 e. The third-order valence-corrected chi connectivity index (χ3v) is 10.5. The van der Waals surface area contributed by atoms with E-state index < -0.39 is 46.9 Å². The largest absolute Gasteiger partial charge is 0.462 e. The molecule has 9 heteroatoms. The number of esters is 2. The summed E-state index contributed by atoms with van der Waals surface area (Å²) in [5.41, 5.74) is -5.27. The lowest BCUT2D eigenvalue weighted by Gasteiger charge is -2.66. The summed E-state index contributed by atoms with van der Waals surface area (Å²) in [6, 6.07) is 4.85. The predicted molar refractivity (Wildman–Crippen MR) is 131 cm³/mol. The van der Waals surface area contributed by atoms with Crippen LogP contribution in [0.5, 0.6) is 0 Å². The van der Waals surface area contributed by atoms with Crippen LogP contribution < -0.4 is 0 Å². The lowest BCUT2D eigenvalue weighted by molar-refractivity contribution is -0.309. The fourth-order valence-electron chi connectivity index (χ4n) is 8.59. The minimum Gasteiger partial charge on any atom is -0.462 e. The fraction of sp³-hybridized carbons (Fsp3) is 0.750. The Morgan fingerprint density at radius 1 is 1.05 bits per heavy atom. The van der Waals surface area contributed by atoms with Gasteiger partial charge in [0.05, 0.1) is 17.6 Å². The Balaban J connectivity index is 1.50. The van der Waals surface area contributed by atoms with E-state index in [4.69, 9.17) is 9.47 Å². The van der Waals surface area contributed by atoms with Crippen LogP contribution in [0.3, 0.4) is 0 Å². The number of aliphatic hydroxyl groups is 4. The summed E-state index contributed by atoms with van der Waals surface area (Å²) in [6.45, 7) is 4.97. The van der Waals surface area contributed by atoms with Crippen molar-refractivity contribution in [3.63, 3.8) is 0 Å². The smallest absolute Gasteiger partial charge is 0.357 e. The first-order chi connectivity index (χ1) is 17.3. The van der Waals surface area contributed by atoms with Crippen LogP contribution in [0, 0.1) is 23.2 Å². The number of rotatable bonds is 4. The summed E-state index contributed by atoms with van der Waals surface area (Å²) in [4.78, 5) is 29.0. The quantitative estimate of drug-likeness (QED) is 0.441. The molecule has 4 N–H and O–H groups in total. The number of hydrogen-bond acceptors (Lipinski definition) is 9. The molecule has 4 aliphatic rings. The molecule has 0 aromatic carbocycles. The Morgan fingerprint density at radius 3 is 2.49 bits per heavy atom. The molecule has 4 saturated carbocycles. The van der Waals surface area contributed by atoms with E-state index in [-0.39, 0.29) is 48.3 Å². The third-order valence-electron chi connectivity index (χ3n) is 10.5. The second-order valence-electron chi connectivity index (χ2n) is 12.2. The third kappa shape index (κ3) is 3.92. The maximum atomic E-state index is 12.8.